The molecular formula is C7H16N2O4S2. The van der Waals surface area contributed by atoms with Crippen LogP contribution in [-0.4, -0.2) is 52.8 Å². The molecule has 0 aromatic rings. The molecule has 90 valence electrons. The van der Waals surface area contributed by atoms with Crippen LogP contribution in [-0.2, 0) is 9.59 Å². The van der Waals surface area contributed by atoms with Gasteiger partial charge in [0.05, 0.1) is 0 Å². The molecular weight excluding hydrogens is 240 g/mol. The van der Waals surface area contributed by atoms with Crippen LogP contribution >= 0.6 is 25.3 Å². The Bertz CT molecular complexity index is 199. The summed E-state index contributed by atoms with van der Waals surface area (Å²) in [6.45, 7) is 0. The number of rotatable bonds is 5. The predicted octanol–water partition coefficient (Wildman–Crippen LogP) is -1.08. The Labute approximate surface area is 99.0 Å². The highest BCUT2D eigenvalue weighted by atomic mass is 32.1. The summed E-state index contributed by atoms with van der Waals surface area (Å²) < 4.78 is 0. The zero-order valence-corrected chi connectivity index (χ0v) is 10.0. The average Bonchev–Trinajstić information content (AvgIpc) is 2.18. The van der Waals surface area contributed by atoms with Crippen LogP contribution in [0.4, 0.5) is 0 Å². The van der Waals surface area contributed by atoms with Crippen molar-refractivity contribution in [1.29, 1.82) is 0 Å². The third-order valence-electron chi connectivity index (χ3n) is 1.34. The normalized spacial score (nSPS) is 13.3. The molecule has 6 nitrogen and oxygen atoms in total. The molecule has 0 saturated carbocycles. The molecule has 0 aromatic carbocycles. The van der Waals surface area contributed by atoms with Gasteiger partial charge in [0.1, 0.15) is 12.1 Å². The molecule has 0 aliphatic carbocycles. The van der Waals surface area contributed by atoms with Crippen molar-refractivity contribution in [3.05, 3.63) is 0 Å². The van der Waals surface area contributed by atoms with Crippen molar-refractivity contribution in [2.24, 2.45) is 5.73 Å². The van der Waals surface area contributed by atoms with Gasteiger partial charge in [0, 0.05) is 11.5 Å². The van der Waals surface area contributed by atoms with E-state index in [0.717, 1.165) is 0 Å². The Kier molecular flexibility index (Phi) is 11.4. The van der Waals surface area contributed by atoms with Gasteiger partial charge in [-0.05, 0) is 7.05 Å². The second-order valence-electron chi connectivity index (χ2n) is 2.49. The molecule has 0 amide bonds. The number of nitrogens with one attached hydrogen (secondary N) is 1. The maximum absolute atomic E-state index is 10.1. The van der Waals surface area contributed by atoms with E-state index < -0.39 is 24.0 Å². The molecule has 0 aliphatic heterocycles. The lowest BCUT2D eigenvalue weighted by atomic mass is 10.3. The maximum Gasteiger partial charge on any atom is 0.321 e. The van der Waals surface area contributed by atoms with Crippen LogP contribution in [0.3, 0.4) is 0 Å². The van der Waals surface area contributed by atoms with Gasteiger partial charge in [0.2, 0.25) is 0 Å². The van der Waals surface area contributed by atoms with Gasteiger partial charge in [-0.1, -0.05) is 0 Å². The molecule has 0 fully saturated rings. The van der Waals surface area contributed by atoms with Crippen molar-refractivity contribution < 1.29 is 19.8 Å². The maximum atomic E-state index is 10.1. The predicted molar refractivity (Wildman–Crippen MR) is 63.8 cm³/mol. The van der Waals surface area contributed by atoms with Crippen LogP contribution in [0.25, 0.3) is 0 Å². The summed E-state index contributed by atoms with van der Waals surface area (Å²) in [4.78, 5) is 19.8. The van der Waals surface area contributed by atoms with Crippen molar-refractivity contribution >= 4 is 37.2 Å². The number of thiol groups is 2. The third kappa shape index (κ3) is 9.85. The van der Waals surface area contributed by atoms with E-state index in [4.69, 9.17) is 15.9 Å². The van der Waals surface area contributed by atoms with Gasteiger partial charge in [-0.15, -0.1) is 0 Å². The van der Waals surface area contributed by atoms with Crippen LogP contribution in [0.2, 0.25) is 0 Å². The summed E-state index contributed by atoms with van der Waals surface area (Å²) in [6.07, 6.45) is 0. The fourth-order valence-electron chi connectivity index (χ4n) is 0.371. The topological polar surface area (TPSA) is 113 Å². The lowest BCUT2D eigenvalue weighted by molar-refractivity contribution is -0.139. The second kappa shape index (κ2) is 10.1. The molecule has 0 radical (unpaired) electrons. The number of aliphatic carboxylic acids is 2. The molecule has 0 aliphatic rings. The number of carbonyl (C=O) groups is 2. The van der Waals surface area contributed by atoms with E-state index >= 15 is 0 Å². The standard InChI is InChI=1S/C4H9NO2S.C3H7NO2S/c1-5-3(2-8)4(6)7;4-2(1-7)3(5)6/h3,5,8H,2H2,1H3,(H,6,7);2,7H,1,4H2,(H,5,6)/t3-;/m0./s1. The zero-order chi connectivity index (χ0) is 12.4. The van der Waals surface area contributed by atoms with E-state index in [1.54, 1.807) is 7.05 Å². The lowest BCUT2D eigenvalue weighted by Crippen LogP contribution is -2.35. The Morgan fingerprint density at radius 3 is 1.73 bits per heavy atom. The first kappa shape index (κ1) is 17.0. The van der Waals surface area contributed by atoms with Gasteiger partial charge in [0.15, 0.2) is 0 Å². The van der Waals surface area contributed by atoms with Gasteiger partial charge in [-0.25, -0.2) is 0 Å². The van der Waals surface area contributed by atoms with E-state index in [9.17, 15) is 9.59 Å². The molecule has 0 bridgehead atoms. The Balaban J connectivity index is 0. The van der Waals surface area contributed by atoms with E-state index in [1.165, 1.54) is 0 Å². The number of nitrogens with two attached hydrogens (primary N) is 1. The number of carboxylic acid groups (broad SMARTS) is 2. The fourth-order valence-corrected chi connectivity index (χ4v) is 0.866. The number of carboxylic acids is 2. The molecule has 0 saturated heterocycles. The zero-order valence-electron chi connectivity index (χ0n) is 8.25. The molecule has 15 heavy (non-hydrogen) atoms. The van der Waals surface area contributed by atoms with Crippen LogP contribution in [0, 0.1) is 0 Å². The second-order valence-corrected chi connectivity index (χ2v) is 3.22. The SMILES string of the molecule is CN[C@@H](CS)C(=O)O.NC(CS)C(=O)O. The Morgan fingerprint density at radius 2 is 1.73 bits per heavy atom. The molecule has 0 rings (SSSR count). The minimum Gasteiger partial charge on any atom is -0.480 e. The van der Waals surface area contributed by atoms with Crippen LogP contribution in [0.15, 0.2) is 0 Å². The van der Waals surface area contributed by atoms with Gasteiger partial charge < -0.3 is 21.3 Å². The highest BCUT2D eigenvalue weighted by Gasteiger charge is 2.10. The van der Waals surface area contributed by atoms with Crippen molar-refractivity contribution in [2.45, 2.75) is 12.1 Å². The van der Waals surface area contributed by atoms with E-state index in [1.807, 2.05) is 0 Å². The van der Waals surface area contributed by atoms with Gasteiger partial charge in [0.25, 0.3) is 0 Å². The highest BCUT2D eigenvalue weighted by Crippen LogP contribution is 1.84. The smallest absolute Gasteiger partial charge is 0.321 e. The minimum atomic E-state index is -1.00. The first-order chi connectivity index (χ1) is 6.90. The summed E-state index contributed by atoms with van der Waals surface area (Å²) >= 11 is 7.44. The molecule has 0 aromatic heterocycles. The first-order valence-corrected chi connectivity index (χ1v) is 5.27. The minimum absolute atomic E-state index is 0.190. The van der Waals surface area contributed by atoms with Crippen LogP contribution in [0.5, 0.6) is 0 Å². The summed E-state index contributed by atoms with van der Waals surface area (Å²) in [6, 6.07) is -1.33. The first-order valence-electron chi connectivity index (χ1n) is 4.00. The van der Waals surface area contributed by atoms with Gasteiger partial charge in [-0.3, -0.25) is 9.59 Å². The van der Waals surface area contributed by atoms with Crippen molar-refractivity contribution in [3.63, 3.8) is 0 Å². The largest absolute Gasteiger partial charge is 0.480 e. The van der Waals surface area contributed by atoms with E-state index in [0.29, 0.717) is 5.75 Å². The van der Waals surface area contributed by atoms with Gasteiger partial charge in [-0.2, -0.15) is 25.3 Å². The summed E-state index contributed by atoms with van der Waals surface area (Å²) in [5, 5.41) is 18.8. The van der Waals surface area contributed by atoms with Gasteiger partial charge >= 0.3 is 11.9 Å². The lowest BCUT2D eigenvalue weighted by Gasteiger charge is -2.04. The Hall–Kier alpha value is -0.440. The quantitative estimate of drug-likeness (QED) is 0.349. The van der Waals surface area contributed by atoms with Crippen molar-refractivity contribution in [3.8, 4) is 0 Å². The molecule has 5 N–H and O–H groups in total. The van der Waals surface area contributed by atoms with Crippen LogP contribution in [0.1, 0.15) is 0 Å². The summed E-state index contributed by atoms with van der Waals surface area (Å²) in [5.74, 6) is -1.35. The summed E-state index contributed by atoms with van der Waals surface area (Å²) in [7, 11) is 1.59. The molecule has 1 unspecified atom stereocenters. The third-order valence-corrected chi connectivity index (χ3v) is 2.10. The fraction of sp³-hybridized carbons (Fsp3) is 0.714. The molecule has 8 heteroatoms. The van der Waals surface area contributed by atoms with Crippen LogP contribution < -0.4 is 11.1 Å². The number of likely N-dealkylation sites (N-methyl/N-ethyl adjacent to an activating group) is 1. The number of hydrogen-bond donors (Lipinski definition) is 6. The molecule has 2 atom stereocenters. The molecule has 0 spiro atoms. The van der Waals surface area contributed by atoms with Crippen molar-refractivity contribution in [1.82, 2.24) is 5.32 Å². The van der Waals surface area contributed by atoms with E-state index in [-0.39, 0.29) is 5.75 Å². The van der Waals surface area contributed by atoms with Crippen molar-refractivity contribution in [2.75, 3.05) is 18.6 Å². The number of hydrogen-bond acceptors (Lipinski definition) is 6. The summed E-state index contributed by atoms with van der Waals surface area (Å²) in [5.41, 5.74) is 4.94. The highest BCUT2D eigenvalue weighted by molar-refractivity contribution is 7.80. The monoisotopic (exact) mass is 256 g/mol. The Morgan fingerprint density at radius 1 is 1.27 bits per heavy atom. The van der Waals surface area contributed by atoms with E-state index in [2.05, 4.69) is 30.6 Å². The average molecular weight is 256 g/mol. The molecule has 0 heterocycles.